The van der Waals surface area contributed by atoms with Crippen LogP contribution in [0.1, 0.15) is 11.1 Å². The molecule has 0 spiro atoms. The molecule has 0 aliphatic carbocycles. The molecule has 0 atom stereocenters. The van der Waals surface area contributed by atoms with E-state index >= 15 is 0 Å². The van der Waals surface area contributed by atoms with Crippen molar-refractivity contribution in [2.45, 2.75) is 13.1 Å². The van der Waals surface area contributed by atoms with Crippen LogP contribution in [0.15, 0.2) is 97.8 Å². The predicted molar refractivity (Wildman–Crippen MR) is 150 cm³/mol. The molecule has 3 N–H and O–H groups in total. The Kier molecular flexibility index (Phi) is 5.80. The molecule has 0 saturated carbocycles. The predicted octanol–water partition coefficient (Wildman–Crippen LogP) is 5.31. The molecule has 0 aliphatic heterocycles. The average Bonchev–Trinajstić information content (AvgIpc) is 3.62. The van der Waals surface area contributed by atoms with Crippen LogP contribution in [0.3, 0.4) is 0 Å². The third kappa shape index (κ3) is 4.51. The van der Waals surface area contributed by atoms with Gasteiger partial charge in [-0.3, -0.25) is 15.1 Å². The fourth-order valence-corrected chi connectivity index (χ4v) is 4.72. The SMILES string of the molecule is c1ccc(CNCc2cncc(-c3cnc4[nH]nc(-c5nc6c(-c7ccncc7)ccnc6[nH]5)c4c3)c2)cc1. The number of hydrogen-bond donors (Lipinski definition) is 3. The van der Waals surface area contributed by atoms with Gasteiger partial charge in [0.2, 0.25) is 0 Å². The third-order valence-corrected chi connectivity index (χ3v) is 6.65. The first-order valence-electron chi connectivity index (χ1n) is 12.6. The van der Waals surface area contributed by atoms with Crippen molar-refractivity contribution >= 4 is 22.2 Å². The number of nitrogens with zero attached hydrogens (tertiary/aromatic N) is 6. The Morgan fingerprint density at radius 2 is 1.54 bits per heavy atom. The fraction of sp³-hybridized carbons (Fsp3) is 0.0667. The number of nitrogens with one attached hydrogen (secondary N) is 3. The quantitative estimate of drug-likeness (QED) is 0.266. The van der Waals surface area contributed by atoms with E-state index in [1.807, 2.05) is 55.0 Å². The molecule has 0 amide bonds. The molecule has 9 nitrogen and oxygen atoms in total. The van der Waals surface area contributed by atoms with Crippen molar-refractivity contribution in [3.63, 3.8) is 0 Å². The zero-order valence-electron chi connectivity index (χ0n) is 20.8. The van der Waals surface area contributed by atoms with Gasteiger partial charge in [-0.1, -0.05) is 30.3 Å². The van der Waals surface area contributed by atoms with Gasteiger partial charge in [-0.15, -0.1) is 0 Å². The van der Waals surface area contributed by atoms with Gasteiger partial charge in [0.15, 0.2) is 17.1 Å². The smallest absolute Gasteiger partial charge is 0.161 e. The first-order valence-corrected chi connectivity index (χ1v) is 12.6. The molecule has 1 aromatic carbocycles. The second-order valence-corrected chi connectivity index (χ2v) is 9.24. The topological polar surface area (TPSA) is 121 Å². The normalized spacial score (nSPS) is 11.4. The molecule has 6 heterocycles. The minimum atomic E-state index is 0.626. The van der Waals surface area contributed by atoms with Gasteiger partial charge in [-0.05, 0) is 47.0 Å². The van der Waals surface area contributed by atoms with E-state index in [2.05, 4.69) is 64.7 Å². The van der Waals surface area contributed by atoms with Gasteiger partial charge in [-0.2, -0.15) is 5.10 Å². The lowest BCUT2D eigenvalue weighted by Gasteiger charge is -2.07. The Hall–Kier alpha value is -5.28. The highest BCUT2D eigenvalue weighted by Crippen LogP contribution is 2.31. The molecule has 188 valence electrons. The fourth-order valence-electron chi connectivity index (χ4n) is 4.72. The van der Waals surface area contributed by atoms with Crippen LogP contribution in [0.2, 0.25) is 0 Å². The lowest BCUT2D eigenvalue weighted by atomic mass is 10.1. The number of benzene rings is 1. The van der Waals surface area contributed by atoms with Gasteiger partial charge >= 0.3 is 0 Å². The average molecular weight is 510 g/mol. The van der Waals surface area contributed by atoms with E-state index in [9.17, 15) is 0 Å². The number of pyridine rings is 4. The highest BCUT2D eigenvalue weighted by molar-refractivity contribution is 5.96. The highest BCUT2D eigenvalue weighted by Gasteiger charge is 2.17. The summed E-state index contributed by atoms with van der Waals surface area (Å²) in [5.74, 6) is 0.626. The van der Waals surface area contributed by atoms with Gasteiger partial charge in [0.25, 0.3) is 0 Å². The molecule has 7 aromatic rings. The summed E-state index contributed by atoms with van der Waals surface area (Å²) in [6.07, 6.45) is 10.9. The molecule has 9 heteroatoms. The van der Waals surface area contributed by atoms with E-state index < -0.39 is 0 Å². The molecule has 0 fully saturated rings. The van der Waals surface area contributed by atoms with Crippen LogP contribution >= 0.6 is 0 Å². The molecule has 0 bridgehead atoms. The summed E-state index contributed by atoms with van der Waals surface area (Å²) in [5, 5.41) is 11.9. The third-order valence-electron chi connectivity index (χ3n) is 6.65. The van der Waals surface area contributed by atoms with Crippen LogP contribution in [-0.4, -0.2) is 40.1 Å². The van der Waals surface area contributed by atoms with E-state index in [1.54, 1.807) is 18.6 Å². The van der Waals surface area contributed by atoms with E-state index in [0.29, 0.717) is 29.4 Å². The maximum absolute atomic E-state index is 4.89. The summed E-state index contributed by atoms with van der Waals surface area (Å²) in [7, 11) is 0. The van der Waals surface area contributed by atoms with E-state index in [1.165, 1.54) is 5.56 Å². The summed E-state index contributed by atoms with van der Waals surface area (Å²) in [6.45, 7) is 1.51. The van der Waals surface area contributed by atoms with Crippen molar-refractivity contribution in [2.24, 2.45) is 0 Å². The van der Waals surface area contributed by atoms with Crippen LogP contribution in [-0.2, 0) is 13.1 Å². The lowest BCUT2D eigenvalue weighted by molar-refractivity contribution is 0.691. The van der Waals surface area contributed by atoms with Crippen LogP contribution in [0.5, 0.6) is 0 Å². The standard InChI is InChI=1S/C30H23N9/c1-2-4-19(5-3-1)14-32-15-20-12-22(17-33-16-20)23-13-25-27(38-39-28(25)35-18-23)30-36-26-24(8-11-34-29(26)37-30)21-6-9-31-10-7-21/h1-13,16-18,32H,14-15H2,(H,34,36,37)(H,35,38,39). The Balaban J connectivity index is 1.20. The Morgan fingerprint density at radius 1 is 0.692 bits per heavy atom. The van der Waals surface area contributed by atoms with E-state index in [-0.39, 0.29) is 0 Å². The van der Waals surface area contributed by atoms with Crippen molar-refractivity contribution in [1.29, 1.82) is 0 Å². The molecule has 0 aliphatic rings. The van der Waals surface area contributed by atoms with Gasteiger partial charge < -0.3 is 10.3 Å². The van der Waals surface area contributed by atoms with Crippen molar-refractivity contribution in [3.8, 4) is 33.8 Å². The number of aromatic amines is 2. The number of imidazole rings is 1. The first kappa shape index (κ1) is 22.9. The molecule has 0 radical (unpaired) electrons. The molecular weight excluding hydrogens is 486 g/mol. The second-order valence-electron chi connectivity index (χ2n) is 9.24. The molecule has 7 rings (SSSR count). The number of aromatic nitrogens is 8. The summed E-state index contributed by atoms with van der Waals surface area (Å²) < 4.78 is 0. The molecule has 0 saturated heterocycles. The molecule has 39 heavy (non-hydrogen) atoms. The minimum Gasteiger partial charge on any atom is -0.321 e. The van der Waals surface area contributed by atoms with Crippen LogP contribution in [0, 0.1) is 0 Å². The maximum atomic E-state index is 4.89. The number of rotatable bonds is 7. The number of fused-ring (bicyclic) bond motifs is 2. The maximum Gasteiger partial charge on any atom is 0.161 e. The van der Waals surface area contributed by atoms with E-state index in [4.69, 9.17) is 4.98 Å². The Labute approximate surface area is 223 Å². The molecule has 0 unspecified atom stereocenters. The van der Waals surface area contributed by atoms with Crippen LogP contribution < -0.4 is 5.32 Å². The first-order chi connectivity index (χ1) is 19.3. The number of H-pyrrole nitrogens is 2. The van der Waals surface area contributed by atoms with Gasteiger partial charge in [0, 0.05) is 67.0 Å². The van der Waals surface area contributed by atoms with Crippen molar-refractivity contribution in [2.75, 3.05) is 0 Å². The van der Waals surface area contributed by atoms with Crippen molar-refractivity contribution < 1.29 is 0 Å². The van der Waals surface area contributed by atoms with E-state index in [0.717, 1.165) is 45.3 Å². The van der Waals surface area contributed by atoms with Crippen LogP contribution in [0.4, 0.5) is 0 Å². The van der Waals surface area contributed by atoms with Gasteiger partial charge in [-0.25, -0.2) is 15.0 Å². The summed E-state index contributed by atoms with van der Waals surface area (Å²) in [5.41, 5.74) is 9.14. The monoisotopic (exact) mass is 509 g/mol. The van der Waals surface area contributed by atoms with Crippen LogP contribution in [0.25, 0.3) is 56.0 Å². The number of hydrogen-bond acceptors (Lipinski definition) is 7. The Morgan fingerprint density at radius 3 is 2.44 bits per heavy atom. The zero-order valence-corrected chi connectivity index (χ0v) is 20.8. The van der Waals surface area contributed by atoms with Crippen molar-refractivity contribution in [3.05, 3.63) is 109 Å². The Bertz CT molecular complexity index is 1890. The molecule has 6 aromatic heterocycles. The zero-order chi connectivity index (χ0) is 26.0. The van der Waals surface area contributed by atoms with Gasteiger partial charge in [0.1, 0.15) is 11.2 Å². The summed E-state index contributed by atoms with van der Waals surface area (Å²) >= 11 is 0. The van der Waals surface area contributed by atoms with Gasteiger partial charge in [0.05, 0.1) is 5.39 Å². The molecular formula is C30H23N9. The lowest BCUT2D eigenvalue weighted by Crippen LogP contribution is -2.12. The summed E-state index contributed by atoms with van der Waals surface area (Å²) in [4.78, 5) is 26.0. The van der Waals surface area contributed by atoms with Crippen molar-refractivity contribution in [1.82, 2.24) is 45.4 Å². The minimum absolute atomic E-state index is 0.626. The second kappa shape index (κ2) is 9.88. The highest BCUT2D eigenvalue weighted by atomic mass is 15.2. The summed E-state index contributed by atoms with van der Waals surface area (Å²) in [6, 6.07) is 20.4. The largest absolute Gasteiger partial charge is 0.321 e.